The lowest BCUT2D eigenvalue weighted by atomic mass is 10.1. The van der Waals surface area contributed by atoms with Crippen LogP contribution in [0.3, 0.4) is 0 Å². The number of benzene rings is 2. The third-order valence-electron chi connectivity index (χ3n) is 3.69. The Balaban J connectivity index is 0.000000890. The van der Waals surface area contributed by atoms with Crippen molar-refractivity contribution in [2.24, 2.45) is 5.10 Å². The molecule has 2 aromatic carbocycles. The van der Waals surface area contributed by atoms with Crippen molar-refractivity contribution in [3.05, 3.63) is 71.5 Å². The van der Waals surface area contributed by atoms with Crippen LogP contribution in [0.15, 0.2) is 59.7 Å². The first kappa shape index (κ1) is 25.2. The SMILES string of the molecule is CC(=O)O.CC(C)(C)Nc1nc(NCc2ccccc2)nc(NN=Cc2ccccc2F)n1. The van der Waals surface area contributed by atoms with Gasteiger partial charge in [-0.1, -0.05) is 48.5 Å². The third kappa shape index (κ3) is 10.2. The zero-order valence-electron chi connectivity index (χ0n) is 19.0. The number of nitrogens with zero attached hydrogens (tertiary/aromatic N) is 4. The molecule has 0 bridgehead atoms. The molecule has 9 nitrogen and oxygen atoms in total. The second-order valence-electron chi connectivity index (χ2n) is 7.93. The molecule has 0 radical (unpaired) electrons. The number of rotatable bonds is 7. The fraction of sp³-hybridized carbons (Fsp3) is 0.261. The highest BCUT2D eigenvalue weighted by atomic mass is 19.1. The number of aromatic nitrogens is 3. The van der Waals surface area contributed by atoms with Crippen molar-refractivity contribution < 1.29 is 14.3 Å². The van der Waals surface area contributed by atoms with Gasteiger partial charge in [0.1, 0.15) is 5.82 Å². The molecule has 0 aliphatic carbocycles. The van der Waals surface area contributed by atoms with Crippen molar-refractivity contribution >= 4 is 30.0 Å². The van der Waals surface area contributed by atoms with E-state index in [9.17, 15) is 4.39 Å². The zero-order valence-corrected chi connectivity index (χ0v) is 19.0. The van der Waals surface area contributed by atoms with Crippen LogP contribution in [0.1, 0.15) is 38.8 Å². The van der Waals surface area contributed by atoms with E-state index in [0.717, 1.165) is 12.5 Å². The van der Waals surface area contributed by atoms with Gasteiger partial charge in [-0.05, 0) is 32.4 Å². The monoisotopic (exact) mass is 453 g/mol. The fourth-order valence-electron chi connectivity index (χ4n) is 2.41. The minimum atomic E-state index is -0.833. The highest BCUT2D eigenvalue weighted by Crippen LogP contribution is 2.15. The average molecular weight is 454 g/mol. The van der Waals surface area contributed by atoms with Gasteiger partial charge < -0.3 is 15.7 Å². The molecule has 0 amide bonds. The molecule has 0 atom stereocenters. The maximum Gasteiger partial charge on any atom is 0.300 e. The van der Waals surface area contributed by atoms with Crippen LogP contribution in [-0.4, -0.2) is 37.8 Å². The quantitative estimate of drug-likeness (QED) is 0.307. The van der Waals surface area contributed by atoms with Gasteiger partial charge in [-0.3, -0.25) is 4.79 Å². The molecule has 4 N–H and O–H groups in total. The first-order valence-corrected chi connectivity index (χ1v) is 10.2. The Morgan fingerprint density at radius 1 is 1.00 bits per heavy atom. The molecule has 33 heavy (non-hydrogen) atoms. The molecular formula is C23H28FN7O2. The summed E-state index contributed by atoms with van der Waals surface area (Å²) in [5.41, 5.74) is 3.98. The minimum absolute atomic E-state index is 0.230. The Morgan fingerprint density at radius 2 is 1.58 bits per heavy atom. The van der Waals surface area contributed by atoms with Crippen molar-refractivity contribution in [3.63, 3.8) is 0 Å². The van der Waals surface area contributed by atoms with E-state index in [0.29, 0.717) is 24.0 Å². The summed E-state index contributed by atoms with van der Waals surface area (Å²) in [6.07, 6.45) is 1.38. The molecule has 0 saturated carbocycles. The van der Waals surface area contributed by atoms with E-state index in [1.165, 1.54) is 12.3 Å². The van der Waals surface area contributed by atoms with E-state index >= 15 is 0 Å². The van der Waals surface area contributed by atoms with Crippen LogP contribution < -0.4 is 16.1 Å². The Morgan fingerprint density at radius 3 is 2.21 bits per heavy atom. The average Bonchev–Trinajstić information content (AvgIpc) is 2.73. The molecule has 1 heterocycles. The van der Waals surface area contributed by atoms with Gasteiger partial charge in [0.25, 0.3) is 5.97 Å². The topological polar surface area (TPSA) is 124 Å². The van der Waals surface area contributed by atoms with Gasteiger partial charge in [-0.15, -0.1) is 0 Å². The molecule has 0 saturated heterocycles. The second-order valence-corrected chi connectivity index (χ2v) is 7.93. The fourth-order valence-corrected chi connectivity index (χ4v) is 2.41. The normalized spacial score (nSPS) is 10.8. The highest BCUT2D eigenvalue weighted by Gasteiger charge is 2.14. The van der Waals surface area contributed by atoms with E-state index in [4.69, 9.17) is 9.90 Å². The number of hydrogen-bond acceptors (Lipinski definition) is 8. The van der Waals surface area contributed by atoms with Crippen LogP contribution in [-0.2, 0) is 11.3 Å². The predicted molar refractivity (Wildman–Crippen MR) is 128 cm³/mol. The van der Waals surface area contributed by atoms with Crippen LogP contribution in [0.25, 0.3) is 0 Å². The molecule has 0 spiro atoms. The maximum atomic E-state index is 13.7. The summed E-state index contributed by atoms with van der Waals surface area (Å²) < 4.78 is 13.7. The van der Waals surface area contributed by atoms with Crippen LogP contribution in [0.4, 0.5) is 22.2 Å². The Bertz CT molecular complexity index is 1070. The molecule has 1 aromatic heterocycles. The summed E-state index contributed by atoms with van der Waals surface area (Å²) in [4.78, 5) is 22.1. The van der Waals surface area contributed by atoms with Crippen molar-refractivity contribution in [1.29, 1.82) is 0 Å². The van der Waals surface area contributed by atoms with Gasteiger partial charge in [0.2, 0.25) is 17.8 Å². The van der Waals surface area contributed by atoms with Gasteiger partial charge in [0, 0.05) is 24.6 Å². The lowest BCUT2D eigenvalue weighted by Gasteiger charge is -2.20. The van der Waals surface area contributed by atoms with E-state index in [-0.39, 0.29) is 17.3 Å². The first-order valence-electron chi connectivity index (χ1n) is 10.2. The summed E-state index contributed by atoms with van der Waals surface area (Å²) in [6.45, 7) is 7.68. The number of hydrogen-bond donors (Lipinski definition) is 4. The molecule has 3 rings (SSSR count). The number of aliphatic carboxylic acids is 1. The molecule has 0 aliphatic heterocycles. The Hall–Kier alpha value is -4.08. The number of hydrazone groups is 1. The van der Waals surface area contributed by atoms with Gasteiger partial charge >= 0.3 is 0 Å². The minimum Gasteiger partial charge on any atom is -0.481 e. The third-order valence-corrected chi connectivity index (χ3v) is 3.69. The molecule has 174 valence electrons. The molecular weight excluding hydrogens is 425 g/mol. The van der Waals surface area contributed by atoms with Crippen molar-refractivity contribution in [2.45, 2.75) is 39.8 Å². The van der Waals surface area contributed by atoms with Crippen molar-refractivity contribution in [1.82, 2.24) is 15.0 Å². The van der Waals surface area contributed by atoms with Crippen LogP contribution in [0.2, 0.25) is 0 Å². The molecule has 10 heteroatoms. The number of carbonyl (C=O) groups is 1. The van der Waals surface area contributed by atoms with E-state index < -0.39 is 5.97 Å². The Kier molecular flexibility index (Phi) is 9.22. The molecule has 0 fully saturated rings. The maximum absolute atomic E-state index is 13.7. The smallest absolute Gasteiger partial charge is 0.300 e. The lowest BCUT2D eigenvalue weighted by Crippen LogP contribution is -2.28. The van der Waals surface area contributed by atoms with Gasteiger partial charge in [-0.2, -0.15) is 20.1 Å². The van der Waals surface area contributed by atoms with E-state index in [1.54, 1.807) is 18.2 Å². The van der Waals surface area contributed by atoms with Gasteiger partial charge in [-0.25, -0.2) is 9.82 Å². The molecule has 0 aliphatic rings. The largest absolute Gasteiger partial charge is 0.481 e. The zero-order chi connectivity index (χ0) is 24.3. The molecule has 3 aromatic rings. The number of nitrogens with one attached hydrogen (secondary N) is 3. The number of carboxylic acids is 1. The summed E-state index contributed by atoms with van der Waals surface area (Å²) in [6, 6.07) is 16.3. The van der Waals surface area contributed by atoms with Crippen LogP contribution in [0.5, 0.6) is 0 Å². The summed E-state index contributed by atoms with van der Waals surface area (Å²) in [5, 5.41) is 17.9. The summed E-state index contributed by atoms with van der Waals surface area (Å²) >= 11 is 0. The highest BCUT2D eigenvalue weighted by molar-refractivity contribution is 5.80. The summed E-state index contributed by atoms with van der Waals surface area (Å²) in [5.74, 6) is -0.130. The predicted octanol–water partition coefficient (Wildman–Crippen LogP) is 4.37. The lowest BCUT2D eigenvalue weighted by molar-refractivity contribution is -0.134. The number of carboxylic acid groups (broad SMARTS) is 1. The second kappa shape index (κ2) is 12.1. The standard InChI is InChI=1S/C21H24FN7.C2H4O2/c1-21(2,3)28-19-25-18(23-13-15-9-5-4-6-10-15)26-20(27-19)29-24-14-16-11-7-8-12-17(16)22;1-2(3)4/h4-12,14H,13H2,1-3H3,(H3,23,25,26,27,28,29);1H3,(H,3,4). The summed E-state index contributed by atoms with van der Waals surface area (Å²) in [7, 11) is 0. The van der Waals surface area contributed by atoms with Crippen LogP contribution >= 0.6 is 0 Å². The molecule has 0 unspecified atom stereocenters. The van der Waals surface area contributed by atoms with Gasteiger partial charge in [0.15, 0.2) is 0 Å². The van der Waals surface area contributed by atoms with Crippen molar-refractivity contribution in [3.8, 4) is 0 Å². The van der Waals surface area contributed by atoms with Crippen molar-refractivity contribution in [2.75, 3.05) is 16.1 Å². The van der Waals surface area contributed by atoms with Crippen LogP contribution in [0, 0.1) is 5.82 Å². The van der Waals surface area contributed by atoms with E-state index in [2.05, 4.69) is 36.1 Å². The van der Waals surface area contributed by atoms with Gasteiger partial charge in [0.05, 0.1) is 6.21 Å². The first-order chi connectivity index (χ1) is 15.6. The Labute approximate surface area is 192 Å². The number of halogens is 1. The number of anilines is 3. The van der Waals surface area contributed by atoms with E-state index in [1.807, 2.05) is 51.1 Å².